The number of imidazole rings is 1. The van der Waals surface area contributed by atoms with Crippen LogP contribution in [0.2, 0.25) is 0 Å². The SMILES string of the molecule is COc1ccc(-c2n[nH]c(=O)c3nccn23)c(OCc2ccccc2)c1. The first-order valence-electron chi connectivity index (χ1n) is 8.03. The number of nitrogens with one attached hydrogen (secondary N) is 1. The van der Waals surface area contributed by atoms with E-state index in [4.69, 9.17) is 9.47 Å². The summed E-state index contributed by atoms with van der Waals surface area (Å²) < 4.78 is 13.0. The molecular formula is C19H16N4O3. The van der Waals surface area contributed by atoms with Crippen LogP contribution in [0.3, 0.4) is 0 Å². The zero-order valence-electron chi connectivity index (χ0n) is 14.0. The minimum atomic E-state index is -0.348. The lowest BCUT2D eigenvalue weighted by molar-refractivity contribution is 0.304. The van der Waals surface area contributed by atoms with E-state index in [1.54, 1.807) is 30.0 Å². The molecule has 0 saturated carbocycles. The van der Waals surface area contributed by atoms with Gasteiger partial charge in [0, 0.05) is 18.5 Å². The van der Waals surface area contributed by atoms with Gasteiger partial charge < -0.3 is 9.47 Å². The molecule has 1 N–H and O–H groups in total. The Balaban J connectivity index is 1.79. The van der Waals surface area contributed by atoms with Gasteiger partial charge in [-0.3, -0.25) is 9.20 Å². The van der Waals surface area contributed by atoms with Crippen LogP contribution < -0.4 is 15.0 Å². The maximum absolute atomic E-state index is 11.9. The zero-order valence-corrected chi connectivity index (χ0v) is 14.0. The fourth-order valence-corrected chi connectivity index (χ4v) is 2.71. The maximum Gasteiger partial charge on any atom is 0.307 e. The topological polar surface area (TPSA) is 81.5 Å². The van der Waals surface area contributed by atoms with Gasteiger partial charge in [0.15, 0.2) is 5.82 Å². The van der Waals surface area contributed by atoms with Crippen molar-refractivity contribution in [1.29, 1.82) is 0 Å². The van der Waals surface area contributed by atoms with E-state index in [9.17, 15) is 4.79 Å². The third-order valence-electron chi connectivity index (χ3n) is 4.00. The highest BCUT2D eigenvalue weighted by Gasteiger charge is 2.15. The molecule has 4 rings (SSSR count). The van der Waals surface area contributed by atoms with Crippen molar-refractivity contribution in [2.75, 3.05) is 7.11 Å². The Morgan fingerprint density at radius 1 is 1.15 bits per heavy atom. The summed E-state index contributed by atoms with van der Waals surface area (Å²) in [6.07, 6.45) is 3.25. The molecule has 0 aliphatic carbocycles. The van der Waals surface area contributed by atoms with E-state index in [0.717, 1.165) is 11.1 Å². The first-order valence-corrected chi connectivity index (χ1v) is 8.03. The predicted octanol–water partition coefficient (Wildman–Crippen LogP) is 2.67. The summed E-state index contributed by atoms with van der Waals surface area (Å²) in [6.45, 7) is 0.400. The second-order valence-corrected chi connectivity index (χ2v) is 5.63. The summed E-state index contributed by atoms with van der Waals surface area (Å²) in [5.74, 6) is 1.80. The molecule has 4 aromatic rings. The Morgan fingerprint density at radius 3 is 2.81 bits per heavy atom. The molecule has 0 fully saturated rings. The lowest BCUT2D eigenvalue weighted by Crippen LogP contribution is -2.14. The van der Waals surface area contributed by atoms with Crippen LogP contribution in [0, 0.1) is 0 Å². The summed E-state index contributed by atoms with van der Waals surface area (Å²) in [6, 6.07) is 15.3. The molecule has 0 amide bonds. The molecule has 2 heterocycles. The first-order chi connectivity index (χ1) is 12.8. The van der Waals surface area contributed by atoms with Crippen LogP contribution in [0.25, 0.3) is 17.0 Å². The Morgan fingerprint density at radius 2 is 2.00 bits per heavy atom. The standard InChI is InChI=1S/C19H16N4O3/c1-25-14-7-8-15(16(11-14)26-12-13-5-3-2-4-6-13)17-21-22-19(24)18-20-9-10-23(17)18/h2-11H,12H2,1H3,(H,22,24). The van der Waals surface area contributed by atoms with Crippen molar-refractivity contribution in [2.45, 2.75) is 6.61 Å². The molecule has 0 bridgehead atoms. The Labute approximate surface area is 148 Å². The lowest BCUT2D eigenvalue weighted by atomic mass is 10.1. The summed E-state index contributed by atoms with van der Waals surface area (Å²) >= 11 is 0. The fraction of sp³-hybridized carbons (Fsp3) is 0.105. The highest BCUT2D eigenvalue weighted by Crippen LogP contribution is 2.32. The van der Waals surface area contributed by atoms with Crippen molar-refractivity contribution in [2.24, 2.45) is 0 Å². The van der Waals surface area contributed by atoms with Crippen molar-refractivity contribution >= 4 is 5.65 Å². The van der Waals surface area contributed by atoms with Crippen LogP contribution in [-0.2, 0) is 6.61 Å². The number of aromatic amines is 1. The van der Waals surface area contributed by atoms with E-state index in [1.807, 2.05) is 42.5 Å². The minimum Gasteiger partial charge on any atom is -0.497 e. The van der Waals surface area contributed by atoms with Gasteiger partial charge in [-0.25, -0.2) is 10.1 Å². The summed E-state index contributed by atoms with van der Waals surface area (Å²) in [5, 5.41) is 6.67. The number of hydrogen-bond acceptors (Lipinski definition) is 5. The molecule has 26 heavy (non-hydrogen) atoms. The van der Waals surface area contributed by atoms with E-state index < -0.39 is 0 Å². The Hall–Kier alpha value is -3.61. The minimum absolute atomic E-state index is 0.278. The van der Waals surface area contributed by atoms with Gasteiger partial charge in [-0.1, -0.05) is 30.3 Å². The van der Waals surface area contributed by atoms with Crippen LogP contribution in [0.4, 0.5) is 0 Å². The van der Waals surface area contributed by atoms with Crippen LogP contribution in [-0.4, -0.2) is 26.7 Å². The molecule has 0 radical (unpaired) electrons. The largest absolute Gasteiger partial charge is 0.497 e. The Bertz CT molecular complexity index is 1100. The summed E-state index contributed by atoms with van der Waals surface area (Å²) in [4.78, 5) is 15.9. The number of aromatic nitrogens is 4. The van der Waals surface area contributed by atoms with Gasteiger partial charge in [-0.2, -0.15) is 5.10 Å². The van der Waals surface area contributed by atoms with Crippen LogP contribution >= 0.6 is 0 Å². The maximum atomic E-state index is 11.9. The first kappa shape index (κ1) is 15.9. The number of ether oxygens (including phenoxy) is 2. The molecule has 2 aromatic heterocycles. The normalized spacial score (nSPS) is 10.8. The van der Waals surface area contributed by atoms with Crippen molar-refractivity contribution in [3.63, 3.8) is 0 Å². The Kier molecular flexibility index (Phi) is 4.10. The monoisotopic (exact) mass is 348 g/mol. The van der Waals surface area contributed by atoms with E-state index >= 15 is 0 Å². The van der Waals surface area contributed by atoms with Crippen LogP contribution in [0.5, 0.6) is 11.5 Å². The highest BCUT2D eigenvalue weighted by atomic mass is 16.5. The number of nitrogens with zero attached hydrogens (tertiary/aromatic N) is 3. The van der Waals surface area contributed by atoms with Crippen LogP contribution in [0.15, 0.2) is 65.7 Å². The average Bonchev–Trinajstić information content (AvgIpc) is 3.18. The van der Waals surface area contributed by atoms with E-state index in [0.29, 0.717) is 23.9 Å². The molecule has 7 nitrogen and oxygen atoms in total. The zero-order chi connectivity index (χ0) is 17.9. The van der Waals surface area contributed by atoms with Crippen molar-refractivity contribution in [3.05, 3.63) is 76.8 Å². The number of benzene rings is 2. The van der Waals surface area contributed by atoms with Gasteiger partial charge in [0.25, 0.3) is 0 Å². The third kappa shape index (κ3) is 2.90. The number of fused-ring (bicyclic) bond motifs is 1. The molecule has 0 aliphatic rings. The molecule has 0 aliphatic heterocycles. The third-order valence-corrected chi connectivity index (χ3v) is 4.00. The van der Waals surface area contributed by atoms with Gasteiger partial charge >= 0.3 is 5.56 Å². The lowest BCUT2D eigenvalue weighted by Gasteiger charge is -2.13. The highest BCUT2D eigenvalue weighted by molar-refractivity contribution is 5.67. The smallest absolute Gasteiger partial charge is 0.307 e. The molecule has 2 aromatic carbocycles. The number of rotatable bonds is 5. The molecule has 7 heteroatoms. The number of methoxy groups -OCH3 is 1. The molecule has 130 valence electrons. The quantitative estimate of drug-likeness (QED) is 0.600. The van der Waals surface area contributed by atoms with Gasteiger partial charge in [0.05, 0.1) is 12.7 Å². The van der Waals surface area contributed by atoms with Crippen molar-refractivity contribution in [1.82, 2.24) is 19.6 Å². The van der Waals surface area contributed by atoms with Gasteiger partial charge in [-0.05, 0) is 17.7 Å². The second kappa shape index (κ2) is 6.72. The van der Waals surface area contributed by atoms with Crippen molar-refractivity contribution < 1.29 is 9.47 Å². The molecular weight excluding hydrogens is 332 g/mol. The molecule has 0 spiro atoms. The fourth-order valence-electron chi connectivity index (χ4n) is 2.71. The average molecular weight is 348 g/mol. The van der Waals surface area contributed by atoms with Gasteiger partial charge in [0.2, 0.25) is 5.65 Å². The summed E-state index contributed by atoms with van der Waals surface area (Å²) in [7, 11) is 1.60. The van der Waals surface area contributed by atoms with E-state index in [2.05, 4.69) is 15.2 Å². The van der Waals surface area contributed by atoms with Crippen LogP contribution in [0.1, 0.15) is 5.56 Å². The predicted molar refractivity (Wildman–Crippen MR) is 96.4 cm³/mol. The van der Waals surface area contributed by atoms with E-state index in [1.165, 1.54) is 0 Å². The van der Waals surface area contributed by atoms with Crippen molar-refractivity contribution in [3.8, 4) is 22.9 Å². The van der Waals surface area contributed by atoms with Gasteiger partial charge in [-0.15, -0.1) is 0 Å². The number of hydrogen-bond donors (Lipinski definition) is 1. The summed E-state index contributed by atoms with van der Waals surface area (Å²) in [5.41, 5.74) is 1.70. The van der Waals surface area contributed by atoms with Gasteiger partial charge in [0.1, 0.15) is 18.1 Å². The number of H-pyrrole nitrogens is 1. The molecule has 0 saturated heterocycles. The molecule has 0 unspecified atom stereocenters. The second-order valence-electron chi connectivity index (χ2n) is 5.63. The molecule has 0 atom stereocenters. The van der Waals surface area contributed by atoms with E-state index in [-0.39, 0.29) is 11.2 Å².